The third kappa shape index (κ3) is 3.79. The third-order valence-corrected chi connectivity index (χ3v) is 4.42. The molecule has 21 heavy (non-hydrogen) atoms. The van der Waals surface area contributed by atoms with Gasteiger partial charge in [0.25, 0.3) is 0 Å². The molecule has 1 aliphatic heterocycles. The van der Waals surface area contributed by atoms with E-state index in [2.05, 4.69) is 5.32 Å². The molecule has 0 unspecified atom stereocenters. The molecule has 0 spiro atoms. The smallest absolute Gasteiger partial charge is 0.391 e. The molecular weight excluding hydrogens is 289 g/mol. The maximum Gasteiger partial charge on any atom is 0.391 e. The lowest BCUT2D eigenvalue weighted by atomic mass is 9.74. The Kier molecular flexibility index (Phi) is 4.34. The molecule has 0 aromatic heterocycles. The molecule has 2 rings (SSSR count). The van der Waals surface area contributed by atoms with Gasteiger partial charge in [-0.3, -0.25) is 4.79 Å². The number of alkyl halides is 3. The van der Waals surface area contributed by atoms with Crippen molar-refractivity contribution in [2.75, 3.05) is 13.1 Å². The van der Waals surface area contributed by atoms with Crippen LogP contribution in [0, 0.1) is 5.92 Å². The van der Waals surface area contributed by atoms with E-state index >= 15 is 0 Å². The molecule has 1 heterocycles. The molecule has 0 aromatic carbocycles. The lowest BCUT2D eigenvalue weighted by Crippen LogP contribution is -2.59. The summed E-state index contributed by atoms with van der Waals surface area (Å²) in [5, 5.41) is 11.6. The summed E-state index contributed by atoms with van der Waals surface area (Å²) in [7, 11) is 0. The molecule has 120 valence electrons. The molecule has 0 bridgehead atoms. The van der Waals surface area contributed by atoms with Crippen molar-refractivity contribution < 1.29 is 27.9 Å². The van der Waals surface area contributed by atoms with E-state index in [1.54, 1.807) is 0 Å². The van der Waals surface area contributed by atoms with Gasteiger partial charge in [-0.25, -0.2) is 4.79 Å². The van der Waals surface area contributed by atoms with E-state index in [0.717, 1.165) is 6.42 Å². The van der Waals surface area contributed by atoms with Gasteiger partial charge in [0.2, 0.25) is 0 Å². The number of halogens is 3. The summed E-state index contributed by atoms with van der Waals surface area (Å²) in [5.41, 5.74) is -0.718. The lowest BCUT2D eigenvalue weighted by Gasteiger charge is -2.43. The molecule has 2 fully saturated rings. The Morgan fingerprint density at radius 2 is 1.81 bits per heavy atom. The topological polar surface area (TPSA) is 69.6 Å². The van der Waals surface area contributed by atoms with Crippen LogP contribution in [-0.2, 0) is 4.79 Å². The zero-order chi connectivity index (χ0) is 15.7. The van der Waals surface area contributed by atoms with Crippen LogP contribution < -0.4 is 5.32 Å². The maximum atomic E-state index is 12.6. The standard InChI is InChI=1S/C13H19F3N2O3/c14-13(15,16)9-2-6-18(7-3-9)11(21)17-12(4-1-5-12)8-10(19)20/h9H,1-8H2,(H,17,21)(H,19,20). The maximum absolute atomic E-state index is 12.6. The third-order valence-electron chi connectivity index (χ3n) is 4.42. The summed E-state index contributed by atoms with van der Waals surface area (Å²) < 4.78 is 37.7. The average Bonchev–Trinajstić information content (AvgIpc) is 2.34. The molecule has 2 amide bonds. The van der Waals surface area contributed by atoms with E-state index in [1.165, 1.54) is 4.90 Å². The Morgan fingerprint density at radius 3 is 2.19 bits per heavy atom. The Balaban J connectivity index is 1.86. The number of amides is 2. The molecule has 2 N–H and O–H groups in total. The van der Waals surface area contributed by atoms with E-state index in [0.29, 0.717) is 12.8 Å². The van der Waals surface area contributed by atoms with Crippen LogP contribution in [0.15, 0.2) is 0 Å². The average molecular weight is 308 g/mol. The molecule has 0 atom stereocenters. The number of urea groups is 1. The highest BCUT2D eigenvalue weighted by molar-refractivity contribution is 5.77. The largest absolute Gasteiger partial charge is 0.481 e. The van der Waals surface area contributed by atoms with Gasteiger partial charge in [-0.05, 0) is 32.1 Å². The van der Waals surface area contributed by atoms with E-state index in [-0.39, 0.29) is 32.4 Å². The number of piperidine rings is 1. The second-order valence-corrected chi connectivity index (χ2v) is 5.94. The highest BCUT2D eigenvalue weighted by Crippen LogP contribution is 2.36. The molecule has 0 aromatic rings. The number of nitrogens with zero attached hydrogens (tertiary/aromatic N) is 1. The van der Waals surface area contributed by atoms with Crippen LogP contribution in [0.25, 0.3) is 0 Å². The fourth-order valence-corrected chi connectivity index (χ4v) is 2.95. The van der Waals surface area contributed by atoms with Crippen molar-refractivity contribution in [2.45, 2.75) is 50.2 Å². The monoisotopic (exact) mass is 308 g/mol. The predicted octanol–water partition coefficient (Wildman–Crippen LogP) is 2.37. The molecule has 1 aliphatic carbocycles. The SMILES string of the molecule is O=C(O)CC1(NC(=O)N2CCC(C(F)(F)F)CC2)CCC1. The fraction of sp³-hybridized carbons (Fsp3) is 0.846. The zero-order valence-corrected chi connectivity index (χ0v) is 11.6. The minimum Gasteiger partial charge on any atom is -0.481 e. The summed E-state index contributed by atoms with van der Waals surface area (Å²) in [6.45, 7) is 0.109. The number of carboxylic acid groups (broad SMARTS) is 1. The highest BCUT2D eigenvalue weighted by atomic mass is 19.4. The Bertz CT molecular complexity index is 413. The van der Waals surface area contributed by atoms with Crippen LogP contribution in [0.5, 0.6) is 0 Å². The van der Waals surface area contributed by atoms with E-state index in [4.69, 9.17) is 5.11 Å². The fourth-order valence-electron chi connectivity index (χ4n) is 2.95. The Morgan fingerprint density at radius 1 is 1.24 bits per heavy atom. The van der Waals surface area contributed by atoms with Gasteiger partial charge < -0.3 is 15.3 Å². The molecule has 2 aliphatic rings. The van der Waals surface area contributed by atoms with Crippen molar-refractivity contribution >= 4 is 12.0 Å². The Labute approximate surface area is 120 Å². The van der Waals surface area contributed by atoms with Crippen molar-refractivity contribution in [1.29, 1.82) is 0 Å². The van der Waals surface area contributed by atoms with Crippen LogP contribution >= 0.6 is 0 Å². The van der Waals surface area contributed by atoms with E-state index < -0.39 is 29.6 Å². The van der Waals surface area contributed by atoms with E-state index in [1.807, 2.05) is 0 Å². The van der Waals surface area contributed by atoms with Crippen molar-refractivity contribution in [3.63, 3.8) is 0 Å². The molecule has 5 nitrogen and oxygen atoms in total. The first kappa shape index (κ1) is 15.9. The molecule has 1 saturated carbocycles. The van der Waals surface area contributed by atoms with Gasteiger partial charge >= 0.3 is 18.2 Å². The summed E-state index contributed by atoms with van der Waals surface area (Å²) in [6, 6.07) is -0.448. The van der Waals surface area contributed by atoms with Crippen LogP contribution in [0.4, 0.5) is 18.0 Å². The van der Waals surface area contributed by atoms with E-state index in [9.17, 15) is 22.8 Å². The van der Waals surface area contributed by atoms with Crippen molar-refractivity contribution in [2.24, 2.45) is 5.92 Å². The van der Waals surface area contributed by atoms with Crippen molar-refractivity contribution in [3.05, 3.63) is 0 Å². The number of hydrogen-bond donors (Lipinski definition) is 2. The van der Waals surface area contributed by atoms with Gasteiger partial charge in [-0.15, -0.1) is 0 Å². The van der Waals surface area contributed by atoms with Gasteiger partial charge in [-0.1, -0.05) is 0 Å². The van der Waals surface area contributed by atoms with Gasteiger partial charge in [0.15, 0.2) is 0 Å². The zero-order valence-electron chi connectivity index (χ0n) is 11.6. The number of aliphatic carboxylic acids is 1. The van der Waals surface area contributed by atoms with Crippen LogP contribution in [0.3, 0.4) is 0 Å². The van der Waals surface area contributed by atoms with Crippen LogP contribution in [0.2, 0.25) is 0 Å². The first-order valence-electron chi connectivity index (χ1n) is 7.07. The minimum atomic E-state index is -4.21. The predicted molar refractivity (Wildman–Crippen MR) is 67.7 cm³/mol. The molecular formula is C13H19F3N2O3. The summed E-state index contributed by atoms with van der Waals surface area (Å²) in [5.74, 6) is -2.33. The molecule has 0 radical (unpaired) electrons. The van der Waals surface area contributed by atoms with Gasteiger partial charge in [0.1, 0.15) is 0 Å². The first-order valence-corrected chi connectivity index (χ1v) is 7.07. The van der Waals surface area contributed by atoms with Gasteiger partial charge in [0.05, 0.1) is 17.9 Å². The van der Waals surface area contributed by atoms with Gasteiger partial charge in [-0.2, -0.15) is 13.2 Å². The molecule has 8 heteroatoms. The van der Waals surface area contributed by atoms with Crippen molar-refractivity contribution in [3.8, 4) is 0 Å². The molecule has 1 saturated heterocycles. The number of hydrogen-bond acceptors (Lipinski definition) is 2. The second-order valence-electron chi connectivity index (χ2n) is 5.94. The number of likely N-dealkylation sites (tertiary alicyclic amines) is 1. The van der Waals surface area contributed by atoms with Crippen molar-refractivity contribution in [1.82, 2.24) is 10.2 Å². The number of nitrogens with one attached hydrogen (secondary N) is 1. The number of carbonyl (C=O) groups excluding carboxylic acids is 1. The summed E-state index contributed by atoms with van der Waals surface area (Å²) in [6.07, 6.45) is -2.48. The Hall–Kier alpha value is -1.47. The minimum absolute atomic E-state index is 0.0547. The van der Waals surface area contributed by atoms with Gasteiger partial charge in [0, 0.05) is 13.1 Å². The lowest BCUT2D eigenvalue weighted by molar-refractivity contribution is -0.183. The number of rotatable bonds is 3. The van der Waals surface area contributed by atoms with Crippen LogP contribution in [0.1, 0.15) is 38.5 Å². The summed E-state index contributed by atoms with van der Waals surface area (Å²) in [4.78, 5) is 24.3. The number of carbonyl (C=O) groups is 2. The quantitative estimate of drug-likeness (QED) is 0.841. The van der Waals surface area contributed by atoms with Crippen LogP contribution in [-0.4, -0.2) is 46.8 Å². The summed E-state index contributed by atoms with van der Waals surface area (Å²) >= 11 is 0. The first-order chi connectivity index (χ1) is 9.72. The number of carboxylic acids is 1. The normalized spacial score (nSPS) is 22.5. The highest BCUT2D eigenvalue weighted by Gasteiger charge is 2.44. The second kappa shape index (κ2) is 5.73.